The quantitative estimate of drug-likeness (QED) is 0.446. The molecule has 0 heterocycles. The van der Waals surface area contributed by atoms with Crippen molar-refractivity contribution in [1.82, 2.24) is 5.32 Å². The molecule has 0 aliphatic heterocycles. The molecule has 3 nitrogen and oxygen atoms in total. The zero-order chi connectivity index (χ0) is 13.6. The average Bonchev–Trinajstić information content (AvgIpc) is 2.36. The molecule has 0 saturated heterocycles. The van der Waals surface area contributed by atoms with E-state index in [2.05, 4.69) is 18.2 Å². The lowest BCUT2D eigenvalue weighted by Gasteiger charge is -2.14. The van der Waals surface area contributed by atoms with Gasteiger partial charge in [0.2, 0.25) is 5.91 Å². The lowest BCUT2D eigenvalue weighted by atomic mass is 9.94. The highest BCUT2D eigenvalue weighted by Gasteiger charge is 2.09. The summed E-state index contributed by atoms with van der Waals surface area (Å²) in [6, 6.07) is 0. The van der Waals surface area contributed by atoms with Gasteiger partial charge in [-0.15, -0.1) is 18.2 Å². The summed E-state index contributed by atoms with van der Waals surface area (Å²) in [5.74, 6) is 4.91. The number of hydrogen-bond donors (Lipinski definition) is 2. The number of nitrogens with one attached hydrogen (secondary N) is 1. The van der Waals surface area contributed by atoms with Gasteiger partial charge in [0.15, 0.2) is 0 Å². The van der Waals surface area contributed by atoms with Crippen molar-refractivity contribution in [2.45, 2.75) is 39.0 Å². The molecule has 104 valence electrons. The molecule has 1 atom stereocenters. The summed E-state index contributed by atoms with van der Waals surface area (Å²) >= 11 is 1.67. The molecule has 0 aliphatic rings. The molecule has 0 spiro atoms. The maximum atomic E-state index is 11.6. The minimum absolute atomic E-state index is 0.148. The van der Waals surface area contributed by atoms with E-state index < -0.39 is 0 Å². The van der Waals surface area contributed by atoms with Gasteiger partial charge in [0, 0.05) is 18.7 Å². The SMILES string of the molecule is C#CCSCCNC(=O)CCC(CCC)CCN. The van der Waals surface area contributed by atoms with E-state index in [-0.39, 0.29) is 5.91 Å². The van der Waals surface area contributed by atoms with Crippen molar-refractivity contribution < 1.29 is 4.79 Å². The van der Waals surface area contributed by atoms with Gasteiger partial charge in [-0.25, -0.2) is 0 Å². The van der Waals surface area contributed by atoms with Gasteiger partial charge in [-0.2, -0.15) is 0 Å². The molecular weight excluding hydrogens is 244 g/mol. The molecule has 4 heteroatoms. The molecule has 18 heavy (non-hydrogen) atoms. The highest BCUT2D eigenvalue weighted by Crippen LogP contribution is 2.16. The van der Waals surface area contributed by atoms with Crippen LogP contribution in [0.4, 0.5) is 0 Å². The zero-order valence-electron chi connectivity index (χ0n) is 11.4. The van der Waals surface area contributed by atoms with Crippen molar-refractivity contribution >= 4 is 17.7 Å². The number of rotatable bonds is 11. The van der Waals surface area contributed by atoms with Crippen LogP contribution in [-0.4, -0.2) is 30.5 Å². The van der Waals surface area contributed by atoms with Crippen LogP contribution in [0.2, 0.25) is 0 Å². The van der Waals surface area contributed by atoms with Crippen molar-refractivity contribution in [3.05, 3.63) is 0 Å². The summed E-state index contributed by atoms with van der Waals surface area (Å²) in [7, 11) is 0. The monoisotopic (exact) mass is 270 g/mol. The first-order valence-corrected chi connectivity index (χ1v) is 7.88. The summed E-state index contributed by atoms with van der Waals surface area (Å²) in [5.41, 5.74) is 5.57. The van der Waals surface area contributed by atoms with Gasteiger partial charge in [0.1, 0.15) is 0 Å². The number of amides is 1. The Labute approximate surface area is 116 Å². The van der Waals surface area contributed by atoms with Gasteiger partial charge < -0.3 is 11.1 Å². The van der Waals surface area contributed by atoms with Crippen LogP contribution in [0.25, 0.3) is 0 Å². The molecule has 0 bridgehead atoms. The highest BCUT2D eigenvalue weighted by molar-refractivity contribution is 7.99. The minimum atomic E-state index is 0.148. The normalized spacial score (nSPS) is 11.8. The fourth-order valence-electron chi connectivity index (χ4n) is 1.89. The van der Waals surface area contributed by atoms with Crippen LogP contribution in [-0.2, 0) is 4.79 Å². The van der Waals surface area contributed by atoms with E-state index in [1.807, 2.05) is 0 Å². The Morgan fingerprint density at radius 3 is 2.83 bits per heavy atom. The predicted molar refractivity (Wildman–Crippen MR) is 80.5 cm³/mol. The summed E-state index contributed by atoms with van der Waals surface area (Å²) in [4.78, 5) is 11.6. The van der Waals surface area contributed by atoms with E-state index in [0.717, 1.165) is 31.6 Å². The van der Waals surface area contributed by atoms with Gasteiger partial charge in [-0.05, 0) is 25.3 Å². The summed E-state index contributed by atoms with van der Waals surface area (Å²) in [5, 5.41) is 2.92. The van der Waals surface area contributed by atoms with Crippen molar-refractivity contribution in [2.75, 3.05) is 24.6 Å². The first kappa shape index (κ1) is 17.3. The fourth-order valence-corrected chi connectivity index (χ4v) is 2.40. The van der Waals surface area contributed by atoms with Gasteiger partial charge in [0.05, 0.1) is 5.75 Å². The second-order valence-corrected chi connectivity index (χ2v) is 5.48. The van der Waals surface area contributed by atoms with Gasteiger partial charge in [-0.3, -0.25) is 4.79 Å². The van der Waals surface area contributed by atoms with Crippen LogP contribution in [0.15, 0.2) is 0 Å². The van der Waals surface area contributed by atoms with E-state index in [1.54, 1.807) is 11.8 Å². The topological polar surface area (TPSA) is 55.1 Å². The number of hydrogen-bond acceptors (Lipinski definition) is 3. The first-order valence-electron chi connectivity index (χ1n) is 6.72. The van der Waals surface area contributed by atoms with Crippen LogP contribution in [0.3, 0.4) is 0 Å². The third-order valence-electron chi connectivity index (χ3n) is 2.81. The molecule has 0 saturated carbocycles. The Morgan fingerprint density at radius 2 is 2.22 bits per heavy atom. The molecule has 1 amide bonds. The van der Waals surface area contributed by atoms with Crippen LogP contribution >= 0.6 is 11.8 Å². The van der Waals surface area contributed by atoms with Crippen LogP contribution in [0.1, 0.15) is 39.0 Å². The molecule has 0 aromatic heterocycles. The second kappa shape index (κ2) is 12.8. The summed E-state index contributed by atoms with van der Waals surface area (Å²) in [6.07, 6.45) is 10.1. The van der Waals surface area contributed by atoms with E-state index in [1.165, 1.54) is 6.42 Å². The zero-order valence-corrected chi connectivity index (χ0v) is 12.2. The Kier molecular flexibility index (Phi) is 12.3. The Hall–Kier alpha value is -0.660. The lowest BCUT2D eigenvalue weighted by molar-refractivity contribution is -0.121. The Bertz CT molecular complexity index is 245. The van der Waals surface area contributed by atoms with Crippen LogP contribution < -0.4 is 11.1 Å². The minimum Gasteiger partial charge on any atom is -0.355 e. The molecule has 0 aromatic rings. The molecule has 0 aliphatic carbocycles. The Balaban J connectivity index is 3.57. The smallest absolute Gasteiger partial charge is 0.220 e. The highest BCUT2D eigenvalue weighted by atomic mass is 32.2. The second-order valence-electron chi connectivity index (χ2n) is 4.38. The van der Waals surface area contributed by atoms with E-state index in [0.29, 0.717) is 24.6 Å². The van der Waals surface area contributed by atoms with Crippen LogP contribution in [0.5, 0.6) is 0 Å². The molecule has 0 aromatic carbocycles. The molecular formula is C14H26N2OS. The number of carbonyl (C=O) groups excluding carboxylic acids is 1. The summed E-state index contributed by atoms with van der Waals surface area (Å²) in [6.45, 7) is 3.60. The summed E-state index contributed by atoms with van der Waals surface area (Å²) < 4.78 is 0. The fraction of sp³-hybridized carbons (Fsp3) is 0.786. The van der Waals surface area contributed by atoms with Crippen molar-refractivity contribution in [1.29, 1.82) is 0 Å². The first-order chi connectivity index (χ1) is 8.74. The number of carbonyl (C=O) groups is 1. The van der Waals surface area contributed by atoms with E-state index in [9.17, 15) is 4.79 Å². The molecule has 3 N–H and O–H groups in total. The molecule has 0 radical (unpaired) electrons. The van der Waals surface area contributed by atoms with E-state index in [4.69, 9.17) is 12.2 Å². The van der Waals surface area contributed by atoms with Gasteiger partial charge >= 0.3 is 0 Å². The third kappa shape index (κ3) is 10.5. The number of terminal acetylenes is 1. The third-order valence-corrected chi connectivity index (χ3v) is 3.67. The van der Waals surface area contributed by atoms with Gasteiger partial charge in [0.25, 0.3) is 0 Å². The van der Waals surface area contributed by atoms with E-state index >= 15 is 0 Å². The standard InChI is InChI=1S/C14H26N2OS/c1-3-5-13(8-9-15)6-7-14(17)16-10-12-18-11-4-2/h2,13H,3,5-12,15H2,1H3,(H,16,17). The number of thioether (sulfide) groups is 1. The maximum Gasteiger partial charge on any atom is 0.220 e. The Morgan fingerprint density at radius 1 is 1.44 bits per heavy atom. The van der Waals surface area contributed by atoms with Crippen molar-refractivity contribution in [3.63, 3.8) is 0 Å². The van der Waals surface area contributed by atoms with Crippen molar-refractivity contribution in [2.24, 2.45) is 11.7 Å². The van der Waals surface area contributed by atoms with Crippen LogP contribution in [0, 0.1) is 18.3 Å². The lowest BCUT2D eigenvalue weighted by Crippen LogP contribution is -2.26. The van der Waals surface area contributed by atoms with Gasteiger partial charge in [-0.1, -0.05) is 25.7 Å². The predicted octanol–water partition coefficient (Wildman–Crippen LogP) is 2.01. The number of nitrogens with two attached hydrogens (primary N) is 1. The molecule has 1 unspecified atom stereocenters. The molecule has 0 rings (SSSR count). The average molecular weight is 270 g/mol. The molecule has 0 fully saturated rings. The van der Waals surface area contributed by atoms with Crippen molar-refractivity contribution in [3.8, 4) is 12.3 Å². The largest absolute Gasteiger partial charge is 0.355 e. The maximum absolute atomic E-state index is 11.6.